The molecule has 0 radical (unpaired) electrons. The van der Waals surface area contributed by atoms with Gasteiger partial charge in [-0.2, -0.15) is 11.8 Å². The van der Waals surface area contributed by atoms with Crippen LogP contribution < -0.4 is 0 Å². The summed E-state index contributed by atoms with van der Waals surface area (Å²) in [6.07, 6.45) is 10.4. The molecule has 20 heavy (non-hydrogen) atoms. The molecule has 0 aromatic rings. The van der Waals surface area contributed by atoms with Gasteiger partial charge >= 0.3 is 0 Å². The zero-order valence-corrected chi connectivity index (χ0v) is 13.7. The minimum absolute atomic E-state index is 0.114. The molecule has 0 aromatic carbocycles. The van der Waals surface area contributed by atoms with Crippen molar-refractivity contribution >= 4 is 11.8 Å². The predicted octanol–water partition coefficient (Wildman–Crippen LogP) is 4.01. The van der Waals surface area contributed by atoms with Gasteiger partial charge in [0.15, 0.2) is 0 Å². The normalized spacial score (nSPS) is 41.7. The highest BCUT2D eigenvalue weighted by molar-refractivity contribution is 7.99. The Morgan fingerprint density at radius 2 is 1.95 bits per heavy atom. The third kappa shape index (κ3) is 3.05. The smallest absolute Gasteiger partial charge is 0.0702 e. The van der Waals surface area contributed by atoms with Crippen LogP contribution in [0.25, 0.3) is 0 Å². The monoisotopic (exact) mass is 298 g/mol. The summed E-state index contributed by atoms with van der Waals surface area (Å²) in [5.41, 5.74) is -0.274. The predicted molar refractivity (Wildman–Crippen MR) is 85.2 cm³/mol. The van der Waals surface area contributed by atoms with Gasteiger partial charge in [-0.25, -0.2) is 0 Å². The number of thioether (sulfide) groups is 1. The molecule has 1 aliphatic carbocycles. The highest BCUT2D eigenvalue weighted by Crippen LogP contribution is 2.48. The van der Waals surface area contributed by atoms with E-state index in [0.717, 1.165) is 38.2 Å². The van der Waals surface area contributed by atoms with Gasteiger partial charge in [-0.05, 0) is 61.9 Å². The summed E-state index contributed by atoms with van der Waals surface area (Å²) in [4.78, 5) is 0. The summed E-state index contributed by atoms with van der Waals surface area (Å²) in [7, 11) is 0. The molecule has 3 fully saturated rings. The largest absolute Gasteiger partial charge is 0.390 e. The van der Waals surface area contributed by atoms with E-state index in [1.165, 1.54) is 43.6 Å². The average Bonchev–Trinajstić information content (AvgIpc) is 2.48. The summed E-state index contributed by atoms with van der Waals surface area (Å²) in [5, 5.41) is 11.3. The standard InChI is InChI=1S/C17H30O2S/c1-2-14-4-3-6-17(18,12-14)15-5-9-19-16(13-15)7-10-20-11-8-16/h14-15,18H,2-13H2,1H3. The lowest BCUT2D eigenvalue weighted by Gasteiger charge is -2.50. The van der Waals surface area contributed by atoms with E-state index < -0.39 is 0 Å². The van der Waals surface area contributed by atoms with Crippen LogP contribution in [0.3, 0.4) is 0 Å². The molecule has 0 amide bonds. The maximum absolute atomic E-state index is 11.3. The summed E-state index contributed by atoms with van der Waals surface area (Å²) < 4.78 is 6.20. The molecule has 3 aliphatic rings. The van der Waals surface area contributed by atoms with E-state index in [1.54, 1.807) is 0 Å². The first-order valence-corrected chi connectivity index (χ1v) is 9.75. The lowest BCUT2D eigenvalue weighted by Crippen LogP contribution is -2.51. The molecular formula is C17H30O2S. The van der Waals surface area contributed by atoms with Gasteiger partial charge in [-0.1, -0.05) is 26.2 Å². The molecule has 1 N–H and O–H groups in total. The molecule has 0 aromatic heterocycles. The van der Waals surface area contributed by atoms with Crippen molar-refractivity contribution in [3.05, 3.63) is 0 Å². The number of hydrogen-bond acceptors (Lipinski definition) is 3. The minimum atomic E-state index is -0.389. The minimum Gasteiger partial charge on any atom is -0.390 e. The Kier molecular flexibility index (Phi) is 4.69. The molecular weight excluding hydrogens is 268 g/mol. The average molecular weight is 298 g/mol. The Morgan fingerprint density at radius 1 is 1.15 bits per heavy atom. The Hall–Kier alpha value is 0.270. The fraction of sp³-hybridized carbons (Fsp3) is 1.00. The van der Waals surface area contributed by atoms with Crippen molar-refractivity contribution in [2.45, 2.75) is 75.9 Å². The topological polar surface area (TPSA) is 29.5 Å². The first-order valence-electron chi connectivity index (χ1n) is 8.60. The van der Waals surface area contributed by atoms with Crippen LogP contribution >= 0.6 is 11.8 Å². The SMILES string of the molecule is CCC1CCCC(O)(C2CCOC3(CCSCC3)C2)C1. The summed E-state index contributed by atoms with van der Waals surface area (Å²) in [6.45, 7) is 3.15. The van der Waals surface area contributed by atoms with E-state index in [-0.39, 0.29) is 11.2 Å². The maximum Gasteiger partial charge on any atom is 0.0702 e. The Labute approximate surface area is 128 Å². The second kappa shape index (κ2) is 6.18. The summed E-state index contributed by atoms with van der Waals surface area (Å²) in [5.74, 6) is 3.70. The maximum atomic E-state index is 11.3. The van der Waals surface area contributed by atoms with Crippen LogP contribution in [0.15, 0.2) is 0 Å². The molecule has 2 aliphatic heterocycles. The van der Waals surface area contributed by atoms with Gasteiger partial charge in [0.2, 0.25) is 0 Å². The molecule has 2 saturated heterocycles. The molecule has 2 nitrogen and oxygen atoms in total. The van der Waals surface area contributed by atoms with E-state index in [1.807, 2.05) is 0 Å². The third-order valence-electron chi connectivity index (χ3n) is 6.10. The van der Waals surface area contributed by atoms with Gasteiger partial charge in [0, 0.05) is 6.61 Å². The highest BCUT2D eigenvalue weighted by Gasteiger charge is 2.47. The molecule has 116 valence electrons. The van der Waals surface area contributed by atoms with Crippen molar-refractivity contribution in [2.75, 3.05) is 18.1 Å². The van der Waals surface area contributed by atoms with E-state index in [4.69, 9.17) is 4.74 Å². The number of ether oxygens (including phenoxy) is 1. The summed E-state index contributed by atoms with van der Waals surface area (Å²) in [6, 6.07) is 0. The molecule has 3 atom stereocenters. The lowest BCUT2D eigenvalue weighted by atomic mass is 9.65. The van der Waals surface area contributed by atoms with Crippen molar-refractivity contribution in [1.82, 2.24) is 0 Å². The van der Waals surface area contributed by atoms with Crippen molar-refractivity contribution in [3.63, 3.8) is 0 Å². The molecule has 2 heterocycles. The van der Waals surface area contributed by atoms with Crippen molar-refractivity contribution in [1.29, 1.82) is 0 Å². The molecule has 0 bridgehead atoms. The van der Waals surface area contributed by atoms with Crippen LogP contribution in [0, 0.1) is 11.8 Å². The van der Waals surface area contributed by atoms with Crippen molar-refractivity contribution < 1.29 is 9.84 Å². The molecule has 1 saturated carbocycles. The number of rotatable bonds is 2. The van der Waals surface area contributed by atoms with E-state index in [2.05, 4.69) is 18.7 Å². The quantitative estimate of drug-likeness (QED) is 0.835. The summed E-state index contributed by atoms with van der Waals surface area (Å²) >= 11 is 2.06. The Morgan fingerprint density at radius 3 is 2.70 bits per heavy atom. The zero-order chi connectivity index (χ0) is 14.1. The first-order chi connectivity index (χ1) is 9.66. The zero-order valence-electron chi connectivity index (χ0n) is 12.9. The highest BCUT2D eigenvalue weighted by atomic mass is 32.2. The van der Waals surface area contributed by atoms with E-state index in [0.29, 0.717) is 5.92 Å². The second-order valence-corrected chi connectivity index (χ2v) is 8.53. The first kappa shape index (κ1) is 15.2. The van der Waals surface area contributed by atoms with Gasteiger partial charge in [0.05, 0.1) is 11.2 Å². The van der Waals surface area contributed by atoms with Gasteiger partial charge < -0.3 is 9.84 Å². The Bertz CT molecular complexity index is 321. The van der Waals surface area contributed by atoms with Gasteiger partial charge in [0.1, 0.15) is 0 Å². The van der Waals surface area contributed by atoms with Crippen molar-refractivity contribution in [3.8, 4) is 0 Å². The third-order valence-corrected chi connectivity index (χ3v) is 7.08. The lowest BCUT2D eigenvalue weighted by molar-refractivity contribution is -0.159. The van der Waals surface area contributed by atoms with E-state index in [9.17, 15) is 5.11 Å². The van der Waals surface area contributed by atoms with Crippen LogP contribution in [0.4, 0.5) is 0 Å². The van der Waals surface area contributed by atoms with Crippen LogP contribution in [0.1, 0.15) is 64.7 Å². The van der Waals surface area contributed by atoms with Crippen LogP contribution in [-0.2, 0) is 4.74 Å². The molecule has 1 spiro atoms. The fourth-order valence-electron chi connectivity index (χ4n) is 4.70. The van der Waals surface area contributed by atoms with Gasteiger partial charge in [-0.3, -0.25) is 0 Å². The van der Waals surface area contributed by atoms with Crippen molar-refractivity contribution in [2.24, 2.45) is 11.8 Å². The molecule has 3 rings (SSSR count). The Balaban J connectivity index is 1.69. The van der Waals surface area contributed by atoms with Crippen LogP contribution in [-0.4, -0.2) is 34.4 Å². The van der Waals surface area contributed by atoms with Crippen LogP contribution in [0.2, 0.25) is 0 Å². The molecule has 3 unspecified atom stereocenters. The number of hydrogen-bond donors (Lipinski definition) is 1. The van der Waals surface area contributed by atoms with Crippen LogP contribution in [0.5, 0.6) is 0 Å². The number of aliphatic hydroxyl groups is 1. The fourth-order valence-corrected chi connectivity index (χ4v) is 5.94. The van der Waals surface area contributed by atoms with Gasteiger partial charge in [0.25, 0.3) is 0 Å². The van der Waals surface area contributed by atoms with E-state index >= 15 is 0 Å². The molecule has 3 heteroatoms. The second-order valence-electron chi connectivity index (χ2n) is 7.31. The van der Waals surface area contributed by atoms with Gasteiger partial charge in [-0.15, -0.1) is 0 Å².